The highest BCUT2D eigenvalue weighted by atomic mass is 16.3. The van der Waals surface area contributed by atoms with Crippen LogP contribution in [-0.2, 0) is 0 Å². The number of aliphatic hydroxyl groups is 1. The molecule has 0 fully saturated rings. The quantitative estimate of drug-likeness (QED) is 0.382. The van der Waals surface area contributed by atoms with Gasteiger partial charge < -0.3 is 16.6 Å². The van der Waals surface area contributed by atoms with E-state index >= 15 is 0 Å². The Morgan fingerprint density at radius 3 is 2.33 bits per heavy atom. The van der Waals surface area contributed by atoms with Crippen molar-refractivity contribution in [3.63, 3.8) is 0 Å². The third kappa shape index (κ3) is 2.14. The predicted molar refractivity (Wildman–Crippen MR) is 23.5 cm³/mol. The van der Waals surface area contributed by atoms with E-state index < -0.39 is 6.10 Å². The standard InChI is InChI=1S/C3H9N2O/c4-1-3(6)2-5/h1,3,6H,2,4-5H2. The van der Waals surface area contributed by atoms with E-state index in [4.69, 9.17) is 16.6 Å². The monoisotopic (exact) mass is 89.1 g/mol. The molecule has 1 unspecified atom stereocenters. The molecule has 0 aromatic heterocycles. The largest absolute Gasteiger partial charge is 0.390 e. The molecule has 1 atom stereocenters. The minimum Gasteiger partial charge on any atom is -0.390 e. The van der Waals surface area contributed by atoms with Gasteiger partial charge in [0.15, 0.2) is 0 Å². The summed E-state index contributed by atoms with van der Waals surface area (Å²) in [5.74, 6) is 0. The molecule has 0 heterocycles. The number of aliphatic hydroxyl groups excluding tert-OH is 1. The molecule has 0 aromatic rings. The topological polar surface area (TPSA) is 72.3 Å². The Morgan fingerprint density at radius 2 is 2.33 bits per heavy atom. The van der Waals surface area contributed by atoms with Crippen molar-refractivity contribution in [3.8, 4) is 0 Å². The third-order valence-electron chi connectivity index (χ3n) is 0.464. The molecule has 0 saturated carbocycles. The maximum Gasteiger partial charge on any atom is 0.0829 e. The first-order valence-corrected chi connectivity index (χ1v) is 1.74. The van der Waals surface area contributed by atoms with Crippen molar-refractivity contribution in [2.45, 2.75) is 6.10 Å². The highest BCUT2D eigenvalue weighted by molar-refractivity contribution is 4.66. The van der Waals surface area contributed by atoms with Crippen molar-refractivity contribution < 1.29 is 5.11 Å². The summed E-state index contributed by atoms with van der Waals surface area (Å²) in [6, 6.07) is 0. The molecule has 3 heteroatoms. The van der Waals surface area contributed by atoms with Crippen molar-refractivity contribution in [1.82, 2.24) is 0 Å². The van der Waals surface area contributed by atoms with Gasteiger partial charge >= 0.3 is 0 Å². The second-order valence-corrected chi connectivity index (χ2v) is 0.995. The van der Waals surface area contributed by atoms with E-state index in [0.29, 0.717) is 0 Å². The fourth-order valence-corrected chi connectivity index (χ4v) is 0.0786. The molecule has 3 nitrogen and oxygen atoms in total. The molecule has 1 radical (unpaired) electrons. The SMILES string of the molecule is N[CH]C(O)CN. The lowest BCUT2D eigenvalue weighted by atomic mass is 10.4. The van der Waals surface area contributed by atoms with Crippen molar-refractivity contribution >= 4 is 0 Å². The van der Waals surface area contributed by atoms with Crippen LogP contribution in [0.15, 0.2) is 0 Å². The van der Waals surface area contributed by atoms with Crippen molar-refractivity contribution in [1.29, 1.82) is 0 Å². The van der Waals surface area contributed by atoms with Gasteiger partial charge in [0.25, 0.3) is 0 Å². The van der Waals surface area contributed by atoms with E-state index in [1.807, 2.05) is 0 Å². The Bertz CT molecular complexity index is 28.0. The molecule has 0 spiro atoms. The Morgan fingerprint density at radius 1 is 1.83 bits per heavy atom. The molecule has 0 aromatic carbocycles. The van der Waals surface area contributed by atoms with E-state index in [1.165, 1.54) is 0 Å². The van der Waals surface area contributed by atoms with Crippen LogP contribution in [0.4, 0.5) is 0 Å². The number of hydrogen-bond donors (Lipinski definition) is 3. The number of nitrogens with two attached hydrogens (primary N) is 2. The lowest BCUT2D eigenvalue weighted by Gasteiger charge is -1.97. The summed E-state index contributed by atoms with van der Waals surface area (Å²) in [6.45, 7) is 1.36. The van der Waals surface area contributed by atoms with Crippen molar-refractivity contribution in [2.75, 3.05) is 6.54 Å². The van der Waals surface area contributed by atoms with E-state index in [9.17, 15) is 0 Å². The first-order chi connectivity index (χ1) is 2.81. The highest BCUT2D eigenvalue weighted by Gasteiger charge is 1.92. The van der Waals surface area contributed by atoms with Crippen LogP contribution >= 0.6 is 0 Å². The van der Waals surface area contributed by atoms with E-state index in [1.54, 1.807) is 0 Å². The lowest BCUT2D eigenvalue weighted by molar-refractivity contribution is 0.214. The molecule has 0 saturated heterocycles. The third-order valence-corrected chi connectivity index (χ3v) is 0.464. The van der Waals surface area contributed by atoms with Crippen LogP contribution in [0.1, 0.15) is 0 Å². The first kappa shape index (κ1) is 5.88. The van der Waals surface area contributed by atoms with Crippen molar-refractivity contribution in [3.05, 3.63) is 6.54 Å². The van der Waals surface area contributed by atoms with E-state index in [-0.39, 0.29) is 6.54 Å². The van der Waals surface area contributed by atoms with E-state index in [2.05, 4.69) is 0 Å². The first-order valence-electron chi connectivity index (χ1n) is 1.74. The minimum absolute atomic E-state index is 0.205. The van der Waals surface area contributed by atoms with Crippen molar-refractivity contribution in [2.24, 2.45) is 11.5 Å². The van der Waals surface area contributed by atoms with Gasteiger partial charge in [0, 0.05) is 13.1 Å². The zero-order valence-electron chi connectivity index (χ0n) is 3.46. The molecular weight excluding hydrogens is 80.0 g/mol. The summed E-state index contributed by atoms with van der Waals surface area (Å²) in [6.07, 6.45) is -0.634. The van der Waals surface area contributed by atoms with Crippen LogP contribution in [0.25, 0.3) is 0 Å². The summed E-state index contributed by atoms with van der Waals surface area (Å²) in [7, 11) is 0. The van der Waals surface area contributed by atoms with Gasteiger partial charge in [-0.3, -0.25) is 0 Å². The second-order valence-electron chi connectivity index (χ2n) is 0.995. The Labute approximate surface area is 36.9 Å². The fraction of sp³-hybridized carbons (Fsp3) is 0.667. The lowest BCUT2D eigenvalue weighted by Crippen LogP contribution is -2.23. The zero-order valence-corrected chi connectivity index (χ0v) is 3.46. The van der Waals surface area contributed by atoms with Crippen LogP contribution in [-0.4, -0.2) is 17.8 Å². The highest BCUT2D eigenvalue weighted by Crippen LogP contribution is 1.72. The second kappa shape index (κ2) is 3.08. The predicted octanol–water partition coefficient (Wildman–Crippen LogP) is -1.57. The molecule has 6 heavy (non-hydrogen) atoms. The van der Waals surface area contributed by atoms with Crippen LogP contribution < -0.4 is 11.5 Å². The van der Waals surface area contributed by atoms with Gasteiger partial charge in [-0.15, -0.1) is 0 Å². The summed E-state index contributed by atoms with van der Waals surface area (Å²) in [5, 5.41) is 8.36. The number of hydrogen-bond acceptors (Lipinski definition) is 3. The molecule has 5 N–H and O–H groups in total. The maximum absolute atomic E-state index is 8.36. The van der Waals surface area contributed by atoms with Gasteiger partial charge in [0.1, 0.15) is 0 Å². The Kier molecular flexibility index (Phi) is 3.02. The van der Waals surface area contributed by atoms with Crippen LogP contribution in [0.2, 0.25) is 0 Å². The average Bonchev–Trinajstić information content (AvgIpc) is 1.65. The van der Waals surface area contributed by atoms with Gasteiger partial charge in [-0.2, -0.15) is 0 Å². The van der Waals surface area contributed by atoms with Gasteiger partial charge in [0.2, 0.25) is 0 Å². The molecule has 0 amide bonds. The maximum atomic E-state index is 8.36. The molecule has 0 rings (SSSR count). The smallest absolute Gasteiger partial charge is 0.0829 e. The molecule has 37 valence electrons. The van der Waals surface area contributed by atoms with Gasteiger partial charge in [0.05, 0.1) is 6.10 Å². The Balaban J connectivity index is 2.75. The number of rotatable bonds is 2. The van der Waals surface area contributed by atoms with Crippen LogP contribution in [0.3, 0.4) is 0 Å². The molecular formula is C3H9N2O. The molecule has 0 aliphatic heterocycles. The normalized spacial score (nSPS) is 10.0. The van der Waals surface area contributed by atoms with Gasteiger partial charge in [-0.1, -0.05) is 0 Å². The Hall–Kier alpha value is -0.120. The molecule has 0 aliphatic carbocycles. The summed E-state index contributed by atoms with van der Waals surface area (Å²) in [5.41, 5.74) is 9.75. The average molecular weight is 89.1 g/mol. The summed E-state index contributed by atoms with van der Waals surface area (Å²) >= 11 is 0. The molecule has 0 aliphatic rings. The van der Waals surface area contributed by atoms with Gasteiger partial charge in [-0.05, 0) is 0 Å². The zero-order chi connectivity index (χ0) is 4.99. The molecule has 0 bridgehead atoms. The van der Waals surface area contributed by atoms with Crippen LogP contribution in [0.5, 0.6) is 0 Å². The van der Waals surface area contributed by atoms with Crippen LogP contribution in [0, 0.1) is 6.54 Å². The summed E-state index contributed by atoms with van der Waals surface area (Å²) < 4.78 is 0. The minimum atomic E-state index is -0.634. The van der Waals surface area contributed by atoms with Gasteiger partial charge in [-0.25, -0.2) is 0 Å². The fourth-order valence-electron chi connectivity index (χ4n) is 0.0786. The summed E-state index contributed by atoms with van der Waals surface area (Å²) in [4.78, 5) is 0. The van der Waals surface area contributed by atoms with E-state index in [0.717, 1.165) is 6.54 Å².